The highest BCUT2D eigenvalue weighted by atomic mass is 79.9. The summed E-state index contributed by atoms with van der Waals surface area (Å²) in [6.07, 6.45) is 0. The Morgan fingerprint density at radius 1 is 1.20 bits per heavy atom. The van der Waals surface area contributed by atoms with Crippen LogP contribution in [0.2, 0.25) is 0 Å². The fraction of sp³-hybridized carbons (Fsp3) is 0.375. The monoisotopic (exact) mass is 337 g/mol. The molecule has 0 bridgehead atoms. The number of rotatable bonds is 6. The van der Waals surface area contributed by atoms with E-state index in [1.165, 1.54) is 0 Å². The highest BCUT2D eigenvalue weighted by Gasteiger charge is 2.05. The molecule has 108 valence electrons. The fourth-order valence-electron chi connectivity index (χ4n) is 1.82. The predicted molar refractivity (Wildman–Crippen MR) is 83.9 cm³/mol. The SMILES string of the molecule is Cc1cc(Br)ccc1OCc1ccc(CNC(C)C)o1. The van der Waals surface area contributed by atoms with E-state index in [0.717, 1.165) is 33.9 Å². The standard InChI is InChI=1S/C16H20BrNO2/c1-11(2)18-9-14-5-6-15(20-14)10-19-16-7-4-13(17)8-12(16)3/h4-8,11,18H,9-10H2,1-3H3. The molecule has 0 fully saturated rings. The first-order chi connectivity index (χ1) is 9.54. The average molecular weight is 338 g/mol. The van der Waals surface area contributed by atoms with E-state index in [1.54, 1.807) is 0 Å². The van der Waals surface area contributed by atoms with Gasteiger partial charge in [0.1, 0.15) is 23.9 Å². The average Bonchev–Trinajstić information content (AvgIpc) is 2.83. The summed E-state index contributed by atoms with van der Waals surface area (Å²) in [5.74, 6) is 2.66. The second-order valence-electron chi connectivity index (χ2n) is 5.10. The lowest BCUT2D eigenvalue weighted by molar-refractivity contribution is 0.263. The van der Waals surface area contributed by atoms with Crippen LogP contribution in [-0.2, 0) is 13.2 Å². The summed E-state index contributed by atoms with van der Waals surface area (Å²) in [6, 6.07) is 10.4. The van der Waals surface area contributed by atoms with Crippen LogP contribution < -0.4 is 10.1 Å². The van der Waals surface area contributed by atoms with Crippen molar-refractivity contribution in [2.45, 2.75) is 40.0 Å². The van der Waals surface area contributed by atoms with E-state index < -0.39 is 0 Å². The van der Waals surface area contributed by atoms with Crippen LogP contribution in [0.25, 0.3) is 0 Å². The quantitative estimate of drug-likeness (QED) is 0.846. The summed E-state index contributed by atoms with van der Waals surface area (Å²) in [4.78, 5) is 0. The number of furan rings is 1. The highest BCUT2D eigenvalue weighted by Crippen LogP contribution is 2.23. The van der Waals surface area contributed by atoms with Crippen LogP contribution in [0.5, 0.6) is 5.75 Å². The first-order valence-electron chi connectivity index (χ1n) is 6.74. The van der Waals surface area contributed by atoms with Gasteiger partial charge in [0.15, 0.2) is 0 Å². The molecule has 0 saturated heterocycles. The van der Waals surface area contributed by atoms with E-state index in [4.69, 9.17) is 9.15 Å². The van der Waals surface area contributed by atoms with Crippen molar-refractivity contribution in [3.63, 3.8) is 0 Å². The van der Waals surface area contributed by atoms with Crippen LogP contribution in [0, 0.1) is 6.92 Å². The largest absolute Gasteiger partial charge is 0.485 e. The minimum atomic E-state index is 0.449. The molecule has 0 amide bonds. The third kappa shape index (κ3) is 4.39. The van der Waals surface area contributed by atoms with Gasteiger partial charge in [0.2, 0.25) is 0 Å². The normalized spacial score (nSPS) is 11.1. The fourth-order valence-corrected chi connectivity index (χ4v) is 2.30. The van der Waals surface area contributed by atoms with Crippen LogP contribution >= 0.6 is 15.9 Å². The predicted octanol–water partition coefficient (Wildman–Crippen LogP) is 4.43. The number of hydrogen-bond acceptors (Lipinski definition) is 3. The van der Waals surface area contributed by atoms with Gasteiger partial charge in [0, 0.05) is 10.5 Å². The third-order valence-corrected chi connectivity index (χ3v) is 3.40. The molecule has 20 heavy (non-hydrogen) atoms. The molecule has 1 aromatic heterocycles. The maximum absolute atomic E-state index is 5.78. The Kier molecular flexibility index (Phi) is 5.26. The second kappa shape index (κ2) is 6.95. The van der Waals surface area contributed by atoms with E-state index >= 15 is 0 Å². The Bertz CT molecular complexity index is 563. The van der Waals surface area contributed by atoms with Gasteiger partial charge in [-0.1, -0.05) is 29.8 Å². The molecule has 4 heteroatoms. The molecular weight excluding hydrogens is 318 g/mol. The van der Waals surface area contributed by atoms with Crippen molar-refractivity contribution in [2.75, 3.05) is 0 Å². The lowest BCUT2D eigenvalue weighted by Crippen LogP contribution is -2.21. The Labute approximate surface area is 128 Å². The molecule has 2 aromatic rings. The zero-order valence-corrected chi connectivity index (χ0v) is 13.7. The topological polar surface area (TPSA) is 34.4 Å². The molecule has 0 saturated carbocycles. The van der Waals surface area contributed by atoms with Crippen molar-refractivity contribution in [3.8, 4) is 5.75 Å². The zero-order chi connectivity index (χ0) is 14.5. The van der Waals surface area contributed by atoms with Crippen molar-refractivity contribution < 1.29 is 9.15 Å². The molecule has 1 heterocycles. The van der Waals surface area contributed by atoms with E-state index in [-0.39, 0.29) is 0 Å². The molecule has 0 spiro atoms. The number of halogens is 1. The van der Waals surface area contributed by atoms with Gasteiger partial charge >= 0.3 is 0 Å². The number of aryl methyl sites for hydroxylation is 1. The Morgan fingerprint density at radius 3 is 2.65 bits per heavy atom. The summed E-state index contributed by atoms with van der Waals surface area (Å²) in [5, 5.41) is 3.32. The van der Waals surface area contributed by atoms with Crippen molar-refractivity contribution in [2.24, 2.45) is 0 Å². The van der Waals surface area contributed by atoms with Crippen LogP contribution in [0.15, 0.2) is 39.2 Å². The van der Waals surface area contributed by atoms with Gasteiger partial charge in [-0.15, -0.1) is 0 Å². The summed E-state index contributed by atoms with van der Waals surface area (Å²) in [6.45, 7) is 7.45. The van der Waals surface area contributed by atoms with Gasteiger partial charge in [0.25, 0.3) is 0 Å². The molecular formula is C16H20BrNO2. The number of benzene rings is 1. The summed E-state index contributed by atoms with van der Waals surface area (Å²) >= 11 is 3.44. The van der Waals surface area contributed by atoms with Crippen LogP contribution in [0.3, 0.4) is 0 Å². The molecule has 1 aromatic carbocycles. The van der Waals surface area contributed by atoms with Crippen molar-refractivity contribution in [3.05, 3.63) is 51.9 Å². The zero-order valence-electron chi connectivity index (χ0n) is 12.1. The molecule has 0 atom stereocenters. The molecule has 0 aliphatic carbocycles. The van der Waals surface area contributed by atoms with Crippen LogP contribution in [-0.4, -0.2) is 6.04 Å². The molecule has 3 nitrogen and oxygen atoms in total. The van der Waals surface area contributed by atoms with E-state index in [1.807, 2.05) is 37.3 Å². The lowest BCUT2D eigenvalue weighted by atomic mass is 10.2. The Morgan fingerprint density at radius 2 is 1.95 bits per heavy atom. The Balaban J connectivity index is 1.90. The summed E-state index contributed by atoms with van der Waals surface area (Å²) in [7, 11) is 0. The molecule has 0 radical (unpaired) electrons. The van der Waals surface area contributed by atoms with E-state index in [9.17, 15) is 0 Å². The maximum atomic E-state index is 5.78. The molecule has 0 unspecified atom stereocenters. The number of hydrogen-bond donors (Lipinski definition) is 1. The second-order valence-corrected chi connectivity index (χ2v) is 6.02. The van der Waals surface area contributed by atoms with Crippen molar-refractivity contribution in [1.29, 1.82) is 0 Å². The van der Waals surface area contributed by atoms with Gasteiger partial charge in [0.05, 0.1) is 6.54 Å². The van der Waals surface area contributed by atoms with Crippen molar-refractivity contribution in [1.82, 2.24) is 5.32 Å². The van der Waals surface area contributed by atoms with Gasteiger partial charge in [-0.2, -0.15) is 0 Å². The van der Waals surface area contributed by atoms with E-state index in [2.05, 4.69) is 35.1 Å². The summed E-state index contributed by atoms with van der Waals surface area (Å²) < 4.78 is 12.6. The van der Waals surface area contributed by atoms with Crippen LogP contribution in [0.1, 0.15) is 30.9 Å². The van der Waals surface area contributed by atoms with E-state index in [0.29, 0.717) is 12.6 Å². The van der Waals surface area contributed by atoms with Crippen molar-refractivity contribution >= 4 is 15.9 Å². The first kappa shape index (κ1) is 15.1. The number of ether oxygens (including phenoxy) is 1. The van der Waals surface area contributed by atoms with Crippen LogP contribution in [0.4, 0.5) is 0 Å². The summed E-state index contributed by atoms with van der Waals surface area (Å²) in [5.41, 5.74) is 1.10. The van der Waals surface area contributed by atoms with Gasteiger partial charge in [-0.3, -0.25) is 0 Å². The van der Waals surface area contributed by atoms with Gasteiger partial charge < -0.3 is 14.5 Å². The molecule has 0 aliphatic heterocycles. The Hall–Kier alpha value is -1.26. The molecule has 2 rings (SSSR count). The van der Waals surface area contributed by atoms with Gasteiger partial charge in [-0.05, 0) is 42.8 Å². The minimum Gasteiger partial charge on any atom is -0.485 e. The lowest BCUT2D eigenvalue weighted by Gasteiger charge is -2.08. The maximum Gasteiger partial charge on any atom is 0.146 e. The van der Waals surface area contributed by atoms with Gasteiger partial charge in [-0.25, -0.2) is 0 Å². The number of nitrogens with one attached hydrogen (secondary N) is 1. The first-order valence-corrected chi connectivity index (χ1v) is 7.54. The molecule has 0 aliphatic rings. The third-order valence-electron chi connectivity index (χ3n) is 2.91. The highest BCUT2D eigenvalue weighted by molar-refractivity contribution is 9.10. The molecule has 1 N–H and O–H groups in total. The smallest absolute Gasteiger partial charge is 0.146 e. The minimum absolute atomic E-state index is 0.449.